The fourth-order valence-electron chi connectivity index (χ4n) is 2.02. The van der Waals surface area contributed by atoms with Gasteiger partial charge in [0.15, 0.2) is 6.23 Å². The zero-order valence-corrected chi connectivity index (χ0v) is 9.92. The average molecular weight is 233 g/mol. The van der Waals surface area contributed by atoms with Gasteiger partial charge in [-0.2, -0.15) is 0 Å². The van der Waals surface area contributed by atoms with Gasteiger partial charge >= 0.3 is 5.97 Å². The van der Waals surface area contributed by atoms with E-state index in [1.165, 1.54) is 6.92 Å². The van der Waals surface area contributed by atoms with Gasteiger partial charge in [-0.3, -0.25) is 14.5 Å². The summed E-state index contributed by atoms with van der Waals surface area (Å²) in [5, 5.41) is 0. The van der Waals surface area contributed by atoms with Crippen LogP contribution in [0.1, 0.15) is 30.6 Å². The largest absolute Gasteiger partial charge is 0.442 e. The molecule has 90 valence electrons. The van der Waals surface area contributed by atoms with E-state index in [-0.39, 0.29) is 17.9 Å². The number of likely N-dealkylation sites (tertiary alicyclic amines) is 1. The molecule has 1 heterocycles. The molecule has 0 bridgehead atoms. The molecule has 0 radical (unpaired) electrons. The Kier molecular flexibility index (Phi) is 3.13. The molecule has 1 aliphatic heterocycles. The molecule has 1 aromatic carbocycles. The smallest absolute Gasteiger partial charge is 0.304 e. The molecule has 4 heteroatoms. The Morgan fingerprint density at radius 2 is 1.94 bits per heavy atom. The van der Waals surface area contributed by atoms with Crippen molar-refractivity contribution in [3.63, 3.8) is 0 Å². The lowest BCUT2D eigenvalue weighted by Crippen LogP contribution is -2.58. The number of carbonyl (C=O) groups excluding carboxylic acids is 2. The standard InChI is InChI=1S/C13H15NO3/c1-9-8-12(17-10(2)15)14(9)13(16)11-6-4-3-5-7-11/h3-7,9,12H,8H2,1-2H3/t9-,12+/m1/s1. The van der Waals surface area contributed by atoms with E-state index in [2.05, 4.69) is 0 Å². The highest BCUT2D eigenvalue weighted by molar-refractivity contribution is 5.95. The third kappa shape index (κ3) is 2.30. The highest BCUT2D eigenvalue weighted by atomic mass is 16.6. The molecule has 4 nitrogen and oxygen atoms in total. The molecule has 1 saturated heterocycles. The molecule has 0 spiro atoms. The number of carbonyl (C=O) groups is 2. The first-order chi connectivity index (χ1) is 8.09. The van der Waals surface area contributed by atoms with Gasteiger partial charge in [0, 0.05) is 24.9 Å². The van der Waals surface area contributed by atoms with Gasteiger partial charge in [-0.05, 0) is 19.1 Å². The summed E-state index contributed by atoms with van der Waals surface area (Å²) in [7, 11) is 0. The van der Waals surface area contributed by atoms with E-state index >= 15 is 0 Å². The lowest BCUT2D eigenvalue weighted by molar-refractivity contribution is -0.170. The van der Waals surface area contributed by atoms with E-state index in [1.807, 2.05) is 25.1 Å². The summed E-state index contributed by atoms with van der Waals surface area (Å²) in [6.45, 7) is 3.30. The second kappa shape index (κ2) is 4.57. The Morgan fingerprint density at radius 3 is 2.47 bits per heavy atom. The molecular formula is C13H15NO3. The Balaban J connectivity index is 2.11. The zero-order valence-electron chi connectivity index (χ0n) is 9.92. The van der Waals surface area contributed by atoms with Crippen LogP contribution in [0.25, 0.3) is 0 Å². The van der Waals surface area contributed by atoms with Crippen molar-refractivity contribution in [2.75, 3.05) is 0 Å². The highest BCUT2D eigenvalue weighted by Gasteiger charge is 2.41. The fourth-order valence-corrected chi connectivity index (χ4v) is 2.02. The molecule has 1 aliphatic rings. The summed E-state index contributed by atoms with van der Waals surface area (Å²) < 4.78 is 5.08. The highest BCUT2D eigenvalue weighted by Crippen LogP contribution is 2.28. The third-order valence-electron chi connectivity index (χ3n) is 2.89. The first kappa shape index (κ1) is 11.6. The van der Waals surface area contributed by atoms with Gasteiger partial charge in [0.2, 0.25) is 0 Å². The van der Waals surface area contributed by atoms with Crippen LogP contribution in [-0.2, 0) is 9.53 Å². The summed E-state index contributed by atoms with van der Waals surface area (Å²) >= 11 is 0. The predicted molar refractivity (Wildman–Crippen MR) is 62.2 cm³/mol. The van der Waals surface area contributed by atoms with E-state index in [4.69, 9.17) is 4.74 Å². The monoisotopic (exact) mass is 233 g/mol. The molecule has 0 unspecified atom stereocenters. The molecule has 0 aliphatic carbocycles. The topological polar surface area (TPSA) is 46.6 Å². The number of esters is 1. The minimum atomic E-state index is -0.407. The number of hydrogen-bond donors (Lipinski definition) is 0. The van der Waals surface area contributed by atoms with Gasteiger partial charge in [-0.1, -0.05) is 18.2 Å². The second-order valence-corrected chi connectivity index (χ2v) is 4.23. The first-order valence-electron chi connectivity index (χ1n) is 5.64. The molecule has 1 aromatic rings. The first-order valence-corrected chi connectivity index (χ1v) is 5.64. The van der Waals surface area contributed by atoms with Crippen molar-refractivity contribution < 1.29 is 14.3 Å². The van der Waals surface area contributed by atoms with Gasteiger partial charge in [0.05, 0.1) is 0 Å². The number of hydrogen-bond acceptors (Lipinski definition) is 3. The average Bonchev–Trinajstić information content (AvgIpc) is 2.28. The van der Waals surface area contributed by atoms with Crippen molar-refractivity contribution >= 4 is 11.9 Å². The summed E-state index contributed by atoms with van der Waals surface area (Å²) in [5.74, 6) is -0.441. The van der Waals surface area contributed by atoms with E-state index in [0.29, 0.717) is 12.0 Å². The Hall–Kier alpha value is -1.84. The maximum absolute atomic E-state index is 12.2. The Morgan fingerprint density at radius 1 is 1.29 bits per heavy atom. The van der Waals surface area contributed by atoms with Gasteiger partial charge in [0.25, 0.3) is 5.91 Å². The van der Waals surface area contributed by atoms with Crippen molar-refractivity contribution in [2.24, 2.45) is 0 Å². The maximum atomic E-state index is 12.2. The van der Waals surface area contributed by atoms with Crippen LogP contribution >= 0.6 is 0 Å². The molecule has 2 atom stereocenters. The number of benzene rings is 1. The minimum Gasteiger partial charge on any atom is -0.442 e. The molecule has 1 amide bonds. The van der Waals surface area contributed by atoms with Crippen LogP contribution in [0, 0.1) is 0 Å². The molecule has 1 fully saturated rings. The summed E-state index contributed by atoms with van der Waals surface area (Å²) in [6, 6.07) is 9.14. The maximum Gasteiger partial charge on any atom is 0.304 e. The Bertz CT molecular complexity index is 430. The van der Waals surface area contributed by atoms with Crippen molar-refractivity contribution in [3.8, 4) is 0 Å². The fraction of sp³-hybridized carbons (Fsp3) is 0.385. The molecule has 0 N–H and O–H groups in total. The van der Waals surface area contributed by atoms with Crippen LogP contribution in [0.15, 0.2) is 30.3 Å². The van der Waals surface area contributed by atoms with E-state index in [0.717, 1.165) is 0 Å². The Labute approximate surface area is 100 Å². The quantitative estimate of drug-likeness (QED) is 0.732. The van der Waals surface area contributed by atoms with Crippen molar-refractivity contribution in [2.45, 2.75) is 32.5 Å². The van der Waals surface area contributed by atoms with E-state index < -0.39 is 6.23 Å². The lowest BCUT2D eigenvalue weighted by Gasteiger charge is -2.45. The van der Waals surface area contributed by atoms with Gasteiger partial charge in [-0.15, -0.1) is 0 Å². The number of amides is 1. The second-order valence-electron chi connectivity index (χ2n) is 4.23. The summed E-state index contributed by atoms with van der Waals surface area (Å²) in [4.78, 5) is 24.7. The van der Waals surface area contributed by atoms with Gasteiger partial charge < -0.3 is 4.74 Å². The van der Waals surface area contributed by atoms with Crippen LogP contribution in [0.5, 0.6) is 0 Å². The van der Waals surface area contributed by atoms with E-state index in [9.17, 15) is 9.59 Å². The zero-order chi connectivity index (χ0) is 12.4. The van der Waals surface area contributed by atoms with Crippen molar-refractivity contribution in [3.05, 3.63) is 35.9 Å². The summed E-state index contributed by atoms with van der Waals surface area (Å²) in [6.07, 6.45) is 0.299. The van der Waals surface area contributed by atoms with Crippen molar-refractivity contribution in [1.29, 1.82) is 0 Å². The molecular weight excluding hydrogens is 218 g/mol. The molecule has 0 aromatic heterocycles. The van der Waals surface area contributed by atoms with Crippen LogP contribution in [0.3, 0.4) is 0 Å². The lowest BCUT2D eigenvalue weighted by atomic mass is 10.0. The predicted octanol–water partition coefficient (Wildman–Crippen LogP) is 1.81. The van der Waals surface area contributed by atoms with Gasteiger partial charge in [-0.25, -0.2) is 0 Å². The number of ether oxygens (including phenoxy) is 1. The van der Waals surface area contributed by atoms with Crippen LogP contribution in [0.2, 0.25) is 0 Å². The molecule has 17 heavy (non-hydrogen) atoms. The number of nitrogens with zero attached hydrogens (tertiary/aromatic N) is 1. The van der Waals surface area contributed by atoms with Crippen LogP contribution < -0.4 is 0 Å². The SMILES string of the molecule is CC(=O)O[C@H]1C[C@@H](C)N1C(=O)c1ccccc1. The number of rotatable bonds is 2. The molecule has 2 rings (SSSR count). The van der Waals surface area contributed by atoms with E-state index in [1.54, 1.807) is 17.0 Å². The van der Waals surface area contributed by atoms with Gasteiger partial charge in [0.1, 0.15) is 0 Å². The van der Waals surface area contributed by atoms with Crippen LogP contribution in [-0.4, -0.2) is 29.0 Å². The van der Waals surface area contributed by atoms with Crippen molar-refractivity contribution in [1.82, 2.24) is 4.90 Å². The third-order valence-corrected chi connectivity index (χ3v) is 2.89. The summed E-state index contributed by atoms with van der Waals surface area (Å²) in [5.41, 5.74) is 0.621. The molecule has 0 saturated carbocycles. The van der Waals surface area contributed by atoms with Crippen LogP contribution in [0.4, 0.5) is 0 Å². The normalized spacial score (nSPS) is 22.8. The minimum absolute atomic E-state index is 0.0874.